The van der Waals surface area contributed by atoms with Crippen LogP contribution in [-0.4, -0.2) is 39.3 Å². The molecule has 1 rings (SSSR count). The molecule has 0 atom stereocenters. The van der Waals surface area contributed by atoms with Crippen LogP contribution in [-0.2, 0) is 20.7 Å². The molecule has 4 nitrogen and oxygen atoms in total. The molecule has 1 N–H and O–H groups in total. The quantitative estimate of drug-likeness (QED) is 0.445. The van der Waals surface area contributed by atoms with Crippen LogP contribution in [0.25, 0.3) is 0 Å². The van der Waals surface area contributed by atoms with Gasteiger partial charge in [-0.05, 0) is 33.6 Å². The summed E-state index contributed by atoms with van der Waals surface area (Å²) >= 11 is -0.778. The summed E-state index contributed by atoms with van der Waals surface area (Å²) < 4.78 is 17.2. The summed E-state index contributed by atoms with van der Waals surface area (Å²) in [5, 5.41) is 8.80. The Hall–Kier alpha value is -0.260. The van der Waals surface area contributed by atoms with Gasteiger partial charge in [0.1, 0.15) is 17.1 Å². The Bertz CT molecular complexity index is 317. The lowest BCUT2D eigenvalue weighted by Gasteiger charge is -2.37. The Morgan fingerprint density at radius 1 is 1.19 bits per heavy atom. The zero-order valence-electron chi connectivity index (χ0n) is 13.7. The fourth-order valence-electron chi connectivity index (χ4n) is 2.72. The van der Waals surface area contributed by atoms with E-state index < -0.39 is 22.2 Å². The molecule has 124 valence electrons. The highest BCUT2D eigenvalue weighted by molar-refractivity contribution is 7.91. The Kier molecular flexibility index (Phi) is 7.51. The summed E-state index contributed by atoms with van der Waals surface area (Å²) in [5.41, 5.74) is -0.919. The van der Waals surface area contributed by atoms with E-state index in [1.54, 1.807) is 0 Å². The van der Waals surface area contributed by atoms with Crippen molar-refractivity contribution in [2.75, 3.05) is 18.1 Å². The third-order valence-electron chi connectivity index (χ3n) is 4.01. The molecule has 1 aliphatic rings. The Morgan fingerprint density at radius 2 is 1.76 bits per heavy atom. The topological polar surface area (TPSA) is 69.6 Å². The number of hydrogen-bond acceptors (Lipinski definition) is 4. The summed E-state index contributed by atoms with van der Waals surface area (Å²) in [5.74, 6) is 1.10. The van der Waals surface area contributed by atoms with Crippen molar-refractivity contribution in [2.45, 2.75) is 71.3 Å². The molecule has 0 spiro atoms. The highest BCUT2D eigenvalue weighted by Gasteiger charge is 2.45. The fraction of sp³-hybridized carbons (Fsp3) is 0.938. The van der Waals surface area contributed by atoms with Crippen LogP contribution >= 0.6 is 0 Å². The number of esters is 1. The van der Waals surface area contributed by atoms with E-state index in [1.165, 1.54) is 0 Å². The van der Waals surface area contributed by atoms with Crippen LogP contribution < -0.4 is 0 Å². The van der Waals surface area contributed by atoms with E-state index in [0.29, 0.717) is 24.3 Å². The first-order valence-corrected chi connectivity index (χ1v) is 9.47. The fourth-order valence-corrected chi connectivity index (χ4v) is 4.16. The monoisotopic (exact) mass is 318 g/mol. The van der Waals surface area contributed by atoms with E-state index >= 15 is 0 Å². The lowest BCUT2D eigenvalue weighted by Crippen LogP contribution is -2.43. The van der Waals surface area contributed by atoms with Crippen LogP contribution in [0.4, 0.5) is 0 Å². The average Bonchev–Trinajstić information content (AvgIpc) is 2.39. The lowest BCUT2D eigenvalue weighted by atomic mass is 9.77. The molecule has 1 fully saturated rings. The molecule has 1 saturated heterocycles. The molecular weight excluding hydrogens is 288 g/mol. The normalized spacial score (nSPS) is 26.6. The first-order valence-electron chi connectivity index (χ1n) is 7.98. The van der Waals surface area contributed by atoms with Crippen molar-refractivity contribution in [1.29, 1.82) is 0 Å². The van der Waals surface area contributed by atoms with Crippen LogP contribution in [0.3, 0.4) is 0 Å². The van der Waals surface area contributed by atoms with Crippen molar-refractivity contribution in [1.82, 2.24) is 0 Å². The van der Waals surface area contributed by atoms with E-state index in [1.807, 2.05) is 20.8 Å². The summed E-state index contributed by atoms with van der Waals surface area (Å²) in [6.45, 7) is 5.90. The standard InChI is InChI=1S/C16H30O4S/c1-15(2,3)20-14(18)16(8-6-4-5-7-11-17)9-12-21(19)13-10-16/h17H,4-13H2,1-3H3. The second-order valence-corrected chi connectivity index (χ2v) is 8.71. The Labute approximate surface area is 131 Å². The highest BCUT2D eigenvalue weighted by Crippen LogP contribution is 2.40. The van der Waals surface area contributed by atoms with Gasteiger partial charge in [0.05, 0.1) is 5.41 Å². The summed E-state index contributed by atoms with van der Waals surface area (Å²) in [7, 11) is 0. The molecule has 21 heavy (non-hydrogen) atoms. The molecule has 0 aliphatic carbocycles. The van der Waals surface area contributed by atoms with Gasteiger partial charge in [-0.2, -0.15) is 0 Å². The highest BCUT2D eigenvalue weighted by atomic mass is 32.2. The van der Waals surface area contributed by atoms with Gasteiger partial charge in [0.15, 0.2) is 0 Å². The largest absolute Gasteiger partial charge is 0.616 e. The number of rotatable bonds is 7. The van der Waals surface area contributed by atoms with E-state index in [4.69, 9.17) is 9.84 Å². The molecule has 0 amide bonds. The van der Waals surface area contributed by atoms with Crippen LogP contribution in [0.1, 0.15) is 65.7 Å². The first-order chi connectivity index (χ1) is 9.79. The van der Waals surface area contributed by atoms with Gasteiger partial charge in [0.2, 0.25) is 0 Å². The molecular formula is C16H30O4S. The number of ether oxygens (including phenoxy) is 1. The maximum Gasteiger partial charge on any atom is 0.312 e. The summed E-state index contributed by atoms with van der Waals surface area (Å²) in [6.07, 6.45) is 5.96. The van der Waals surface area contributed by atoms with Crippen molar-refractivity contribution in [3.63, 3.8) is 0 Å². The second-order valence-electron chi connectivity index (χ2n) is 7.02. The van der Waals surface area contributed by atoms with Crippen molar-refractivity contribution in [3.05, 3.63) is 0 Å². The molecule has 1 aliphatic heterocycles. The van der Waals surface area contributed by atoms with Crippen LogP contribution in [0, 0.1) is 5.41 Å². The number of hydrogen-bond donors (Lipinski definition) is 1. The molecule has 0 saturated carbocycles. The van der Waals surface area contributed by atoms with Gasteiger partial charge in [-0.1, -0.05) is 30.4 Å². The molecule has 5 heteroatoms. The predicted molar refractivity (Wildman–Crippen MR) is 85.6 cm³/mol. The number of carbonyl (C=O) groups is 1. The summed E-state index contributed by atoms with van der Waals surface area (Å²) in [4.78, 5) is 12.6. The van der Waals surface area contributed by atoms with E-state index in [0.717, 1.165) is 32.1 Å². The molecule has 0 unspecified atom stereocenters. The minimum absolute atomic E-state index is 0.117. The zero-order chi connectivity index (χ0) is 15.9. The zero-order valence-corrected chi connectivity index (χ0v) is 14.5. The smallest absolute Gasteiger partial charge is 0.312 e. The SMILES string of the molecule is CC(C)(C)OC(=O)C1(CCCCCCO)CC[S+]([O-])CC1. The van der Waals surface area contributed by atoms with E-state index in [2.05, 4.69) is 0 Å². The van der Waals surface area contributed by atoms with Crippen LogP contribution in [0.5, 0.6) is 0 Å². The van der Waals surface area contributed by atoms with Gasteiger partial charge in [0, 0.05) is 19.4 Å². The summed E-state index contributed by atoms with van der Waals surface area (Å²) in [6, 6.07) is 0. The molecule has 0 aromatic heterocycles. The van der Waals surface area contributed by atoms with E-state index in [9.17, 15) is 9.35 Å². The van der Waals surface area contributed by atoms with Crippen molar-refractivity contribution >= 4 is 17.1 Å². The minimum atomic E-state index is -0.778. The Morgan fingerprint density at radius 3 is 2.29 bits per heavy atom. The first kappa shape index (κ1) is 18.8. The molecule has 0 bridgehead atoms. The third kappa shape index (κ3) is 6.57. The Balaban J connectivity index is 2.60. The molecule has 0 aromatic rings. The van der Waals surface area contributed by atoms with E-state index in [-0.39, 0.29) is 12.6 Å². The maximum atomic E-state index is 12.6. The predicted octanol–water partition coefficient (Wildman–Crippen LogP) is 2.80. The molecule has 1 heterocycles. The van der Waals surface area contributed by atoms with Crippen LogP contribution in [0.2, 0.25) is 0 Å². The lowest BCUT2D eigenvalue weighted by molar-refractivity contribution is -0.169. The number of aliphatic hydroxyl groups excluding tert-OH is 1. The maximum absolute atomic E-state index is 12.6. The number of unbranched alkanes of at least 4 members (excludes halogenated alkanes) is 3. The van der Waals surface area contributed by atoms with Crippen molar-refractivity contribution in [2.24, 2.45) is 5.41 Å². The van der Waals surface area contributed by atoms with Crippen molar-refractivity contribution < 1.29 is 19.2 Å². The number of carbonyl (C=O) groups excluding carboxylic acids is 1. The van der Waals surface area contributed by atoms with Gasteiger partial charge in [-0.15, -0.1) is 0 Å². The van der Waals surface area contributed by atoms with Gasteiger partial charge in [-0.3, -0.25) is 4.79 Å². The average molecular weight is 318 g/mol. The molecule has 0 aromatic carbocycles. The van der Waals surface area contributed by atoms with Gasteiger partial charge in [-0.25, -0.2) is 0 Å². The van der Waals surface area contributed by atoms with Gasteiger partial charge in [0.25, 0.3) is 0 Å². The van der Waals surface area contributed by atoms with Gasteiger partial charge >= 0.3 is 5.97 Å². The molecule has 0 radical (unpaired) electrons. The van der Waals surface area contributed by atoms with Crippen LogP contribution in [0.15, 0.2) is 0 Å². The minimum Gasteiger partial charge on any atom is -0.616 e. The third-order valence-corrected chi connectivity index (χ3v) is 5.33. The van der Waals surface area contributed by atoms with Gasteiger partial charge < -0.3 is 14.4 Å². The number of aliphatic hydroxyl groups is 1. The van der Waals surface area contributed by atoms with Crippen molar-refractivity contribution in [3.8, 4) is 0 Å². The second kappa shape index (κ2) is 8.39.